The van der Waals surface area contributed by atoms with Gasteiger partial charge in [-0.1, -0.05) is 12.1 Å². The van der Waals surface area contributed by atoms with Gasteiger partial charge >= 0.3 is 5.97 Å². The number of methoxy groups -OCH3 is 1. The van der Waals surface area contributed by atoms with Gasteiger partial charge in [-0.25, -0.2) is 0 Å². The van der Waals surface area contributed by atoms with Gasteiger partial charge in [-0.05, 0) is 57.2 Å². The lowest BCUT2D eigenvalue weighted by Crippen LogP contribution is -2.48. The minimum atomic E-state index is -0.0834. The summed E-state index contributed by atoms with van der Waals surface area (Å²) in [6, 6.07) is 8.37. The molecule has 1 aromatic rings. The minimum Gasteiger partial charge on any atom is -0.497 e. The van der Waals surface area contributed by atoms with Gasteiger partial charge in [0.15, 0.2) is 5.96 Å². The van der Waals surface area contributed by atoms with E-state index in [1.165, 1.54) is 5.56 Å². The lowest BCUT2D eigenvalue weighted by atomic mass is 9.96. The molecule has 2 aliphatic rings. The zero-order chi connectivity index (χ0) is 20.0. The minimum absolute atomic E-state index is 0. The van der Waals surface area contributed by atoms with E-state index in [1.807, 2.05) is 19.1 Å². The van der Waals surface area contributed by atoms with Gasteiger partial charge in [-0.15, -0.1) is 24.0 Å². The lowest BCUT2D eigenvalue weighted by molar-refractivity contribution is -0.149. The van der Waals surface area contributed by atoms with E-state index in [0.717, 1.165) is 57.0 Å². The van der Waals surface area contributed by atoms with Crippen molar-refractivity contribution < 1.29 is 14.3 Å². The fourth-order valence-corrected chi connectivity index (χ4v) is 3.91. The van der Waals surface area contributed by atoms with Gasteiger partial charge in [-0.2, -0.15) is 0 Å². The first kappa shape index (κ1) is 23.8. The van der Waals surface area contributed by atoms with Crippen LogP contribution in [0.3, 0.4) is 0 Å². The smallest absolute Gasteiger partial charge is 0.310 e. The first-order valence-corrected chi connectivity index (χ1v) is 10.5. The highest BCUT2D eigenvalue weighted by Crippen LogP contribution is 2.48. The second kappa shape index (κ2) is 11.0. The summed E-state index contributed by atoms with van der Waals surface area (Å²) in [6.07, 6.45) is 4.20. The third-order valence-electron chi connectivity index (χ3n) is 5.76. The second-order valence-corrected chi connectivity index (χ2v) is 7.72. The molecule has 0 radical (unpaired) electrons. The van der Waals surface area contributed by atoms with Crippen LogP contribution >= 0.6 is 24.0 Å². The van der Waals surface area contributed by atoms with Crippen LogP contribution in [0.1, 0.15) is 45.1 Å². The van der Waals surface area contributed by atoms with Crippen LogP contribution < -0.4 is 10.1 Å². The Bertz CT molecular complexity index is 689. The maximum atomic E-state index is 12.2. The quantitative estimate of drug-likeness (QED) is 0.260. The molecular weight excluding hydrogens is 481 g/mol. The number of nitrogens with zero attached hydrogens (tertiary/aromatic N) is 2. The normalized spacial score (nSPS) is 20.4. The number of halogens is 1. The van der Waals surface area contributed by atoms with Crippen molar-refractivity contribution in [1.29, 1.82) is 0 Å². The number of piperidine rings is 1. The number of nitrogens with one attached hydrogen (secondary N) is 1. The molecule has 1 aliphatic carbocycles. The maximum Gasteiger partial charge on any atom is 0.310 e. The standard InChI is InChI=1S/C22H33N3O3.HI/c1-4-23-21(25-14-6-7-17(15-25)20(26)28-5-2)24-16-22(12-13-22)18-8-10-19(27-3)11-9-18;/h8-11,17H,4-7,12-16H2,1-3H3,(H,23,24);1H/t17-;/m0./s1. The molecule has 1 heterocycles. The molecule has 162 valence electrons. The number of hydrogen-bond donors (Lipinski definition) is 1. The molecule has 0 amide bonds. The third kappa shape index (κ3) is 5.99. The number of benzene rings is 1. The predicted molar refractivity (Wildman–Crippen MR) is 126 cm³/mol. The van der Waals surface area contributed by atoms with Crippen LogP contribution in [-0.2, 0) is 14.9 Å². The van der Waals surface area contributed by atoms with E-state index in [1.54, 1.807) is 7.11 Å². The van der Waals surface area contributed by atoms with E-state index in [-0.39, 0.29) is 41.3 Å². The van der Waals surface area contributed by atoms with Gasteiger partial charge in [0.05, 0.1) is 26.2 Å². The van der Waals surface area contributed by atoms with Gasteiger partial charge in [0, 0.05) is 25.0 Å². The number of aliphatic imine (C=N–C) groups is 1. The third-order valence-corrected chi connectivity index (χ3v) is 5.76. The summed E-state index contributed by atoms with van der Waals surface area (Å²) >= 11 is 0. The van der Waals surface area contributed by atoms with E-state index >= 15 is 0 Å². The Hall–Kier alpha value is -1.51. The fourth-order valence-electron chi connectivity index (χ4n) is 3.91. The molecular formula is C22H34IN3O3. The molecule has 0 unspecified atom stereocenters. The summed E-state index contributed by atoms with van der Waals surface area (Å²) in [4.78, 5) is 19.4. The van der Waals surface area contributed by atoms with Crippen molar-refractivity contribution in [3.05, 3.63) is 29.8 Å². The van der Waals surface area contributed by atoms with Gasteiger partial charge in [0.2, 0.25) is 0 Å². The molecule has 2 fully saturated rings. The molecule has 0 aromatic heterocycles. The Kier molecular flexibility index (Phi) is 9.04. The predicted octanol–water partition coefficient (Wildman–Crippen LogP) is 3.59. The van der Waals surface area contributed by atoms with Gasteiger partial charge in [-0.3, -0.25) is 9.79 Å². The summed E-state index contributed by atoms with van der Waals surface area (Å²) in [7, 11) is 1.69. The van der Waals surface area contributed by atoms with Crippen LogP contribution in [0.15, 0.2) is 29.3 Å². The number of likely N-dealkylation sites (tertiary alicyclic amines) is 1. The first-order chi connectivity index (χ1) is 13.6. The van der Waals surface area contributed by atoms with Crippen molar-refractivity contribution in [2.24, 2.45) is 10.9 Å². The monoisotopic (exact) mass is 515 g/mol. The van der Waals surface area contributed by atoms with Gasteiger partial charge in [0.1, 0.15) is 5.75 Å². The molecule has 1 saturated heterocycles. The van der Waals surface area contributed by atoms with E-state index < -0.39 is 0 Å². The fraction of sp³-hybridized carbons (Fsp3) is 0.636. The molecule has 1 saturated carbocycles. The second-order valence-electron chi connectivity index (χ2n) is 7.72. The Morgan fingerprint density at radius 1 is 1.28 bits per heavy atom. The van der Waals surface area contributed by atoms with Crippen LogP contribution in [0.5, 0.6) is 5.75 Å². The highest BCUT2D eigenvalue weighted by molar-refractivity contribution is 14.0. The van der Waals surface area contributed by atoms with E-state index in [4.69, 9.17) is 14.5 Å². The Morgan fingerprint density at radius 3 is 2.59 bits per heavy atom. The van der Waals surface area contributed by atoms with Crippen LogP contribution in [0.4, 0.5) is 0 Å². The van der Waals surface area contributed by atoms with E-state index in [0.29, 0.717) is 13.2 Å². The molecule has 6 nitrogen and oxygen atoms in total. The van der Waals surface area contributed by atoms with E-state index in [9.17, 15) is 4.79 Å². The molecule has 7 heteroatoms. The van der Waals surface area contributed by atoms with Crippen molar-refractivity contribution in [2.75, 3.05) is 39.9 Å². The molecule has 1 aromatic carbocycles. The first-order valence-electron chi connectivity index (χ1n) is 10.5. The Morgan fingerprint density at radius 2 is 2.00 bits per heavy atom. The molecule has 0 bridgehead atoms. The molecule has 1 N–H and O–H groups in total. The number of rotatable bonds is 7. The number of carbonyl (C=O) groups excluding carboxylic acids is 1. The van der Waals surface area contributed by atoms with Crippen LogP contribution in [0.25, 0.3) is 0 Å². The molecule has 29 heavy (non-hydrogen) atoms. The van der Waals surface area contributed by atoms with Crippen molar-refractivity contribution in [2.45, 2.75) is 44.9 Å². The maximum absolute atomic E-state index is 12.2. The number of guanidine groups is 1. The van der Waals surface area contributed by atoms with Crippen molar-refractivity contribution in [1.82, 2.24) is 10.2 Å². The van der Waals surface area contributed by atoms with Crippen molar-refractivity contribution in [3.8, 4) is 5.75 Å². The Balaban J connectivity index is 0.00000300. The topological polar surface area (TPSA) is 63.2 Å². The summed E-state index contributed by atoms with van der Waals surface area (Å²) in [5.41, 5.74) is 1.47. The van der Waals surface area contributed by atoms with Gasteiger partial charge < -0.3 is 19.7 Å². The molecule has 1 atom stereocenters. The summed E-state index contributed by atoms with van der Waals surface area (Å²) in [6.45, 7) is 7.57. The highest BCUT2D eigenvalue weighted by Gasteiger charge is 2.44. The zero-order valence-electron chi connectivity index (χ0n) is 17.8. The number of hydrogen-bond acceptors (Lipinski definition) is 4. The average molecular weight is 515 g/mol. The highest BCUT2D eigenvalue weighted by atomic mass is 127. The molecule has 3 rings (SSSR count). The molecule has 0 spiro atoms. The Labute approximate surface area is 191 Å². The number of carbonyl (C=O) groups is 1. The number of esters is 1. The SMILES string of the molecule is CCNC(=NCC1(c2ccc(OC)cc2)CC1)N1CCC[C@H](C(=O)OCC)C1.I. The van der Waals surface area contributed by atoms with Crippen molar-refractivity contribution >= 4 is 35.9 Å². The summed E-state index contributed by atoms with van der Waals surface area (Å²) in [5.74, 6) is 1.65. The number of ether oxygens (including phenoxy) is 2. The van der Waals surface area contributed by atoms with Gasteiger partial charge in [0.25, 0.3) is 0 Å². The average Bonchev–Trinajstić information content (AvgIpc) is 3.52. The van der Waals surface area contributed by atoms with Crippen LogP contribution in [0.2, 0.25) is 0 Å². The summed E-state index contributed by atoms with van der Waals surface area (Å²) in [5, 5.41) is 3.42. The molecule has 1 aliphatic heterocycles. The van der Waals surface area contributed by atoms with Crippen LogP contribution in [0, 0.1) is 5.92 Å². The van der Waals surface area contributed by atoms with Crippen LogP contribution in [-0.4, -0.2) is 56.7 Å². The van der Waals surface area contributed by atoms with Crippen molar-refractivity contribution in [3.63, 3.8) is 0 Å². The largest absolute Gasteiger partial charge is 0.497 e. The van der Waals surface area contributed by atoms with E-state index in [2.05, 4.69) is 29.3 Å². The summed E-state index contributed by atoms with van der Waals surface area (Å²) < 4.78 is 10.5. The lowest BCUT2D eigenvalue weighted by Gasteiger charge is -2.34. The zero-order valence-corrected chi connectivity index (χ0v) is 20.1.